The molecule has 2 aromatic heterocycles. The molecular weight excluding hydrogens is 362 g/mol. The second kappa shape index (κ2) is 7.40. The first-order valence-electron chi connectivity index (χ1n) is 8.67. The van der Waals surface area contributed by atoms with Crippen molar-refractivity contribution in [2.45, 2.75) is 39.0 Å². The maximum Gasteiger partial charge on any atom is 0.265 e. The van der Waals surface area contributed by atoms with Gasteiger partial charge >= 0.3 is 0 Å². The zero-order valence-corrected chi connectivity index (χ0v) is 16.6. The van der Waals surface area contributed by atoms with Crippen molar-refractivity contribution in [2.75, 3.05) is 10.0 Å². The third-order valence-corrected chi connectivity index (χ3v) is 5.98. The average molecular weight is 385 g/mol. The van der Waals surface area contributed by atoms with Crippen molar-refractivity contribution in [2.24, 2.45) is 0 Å². The fraction of sp³-hybridized carbons (Fsp3) is 0.263. The molecule has 0 saturated heterocycles. The van der Waals surface area contributed by atoms with Crippen LogP contribution in [-0.4, -0.2) is 23.6 Å². The molecule has 0 spiro atoms. The van der Waals surface area contributed by atoms with Gasteiger partial charge in [0.05, 0.1) is 23.3 Å². The lowest BCUT2D eigenvalue weighted by molar-refractivity contribution is 0.600. The number of aromatic nitrogens is 3. The zero-order valence-electron chi connectivity index (χ0n) is 15.8. The summed E-state index contributed by atoms with van der Waals surface area (Å²) < 4.78 is 27.7. The largest absolute Gasteiger partial charge is 0.340 e. The predicted octanol–water partition coefficient (Wildman–Crippen LogP) is 3.84. The highest BCUT2D eigenvalue weighted by atomic mass is 32.2. The number of nitrogens with zero attached hydrogens (tertiary/aromatic N) is 2. The molecule has 0 aliphatic rings. The van der Waals surface area contributed by atoms with Crippen LogP contribution in [0.3, 0.4) is 0 Å². The number of sulfonamides is 1. The molecule has 142 valence electrons. The number of benzene rings is 1. The van der Waals surface area contributed by atoms with Crippen LogP contribution in [0.1, 0.15) is 29.4 Å². The molecule has 3 aromatic rings. The normalized spacial score (nSPS) is 11.4. The van der Waals surface area contributed by atoms with E-state index in [2.05, 4.69) is 38.2 Å². The van der Waals surface area contributed by atoms with Gasteiger partial charge in [-0.25, -0.2) is 13.4 Å². The lowest BCUT2D eigenvalue weighted by atomic mass is 10.1. The van der Waals surface area contributed by atoms with E-state index in [1.807, 2.05) is 19.1 Å². The number of aromatic amines is 1. The molecule has 7 nitrogen and oxygen atoms in total. The van der Waals surface area contributed by atoms with Crippen LogP contribution in [0.4, 0.5) is 17.2 Å². The van der Waals surface area contributed by atoms with Crippen molar-refractivity contribution in [1.29, 1.82) is 0 Å². The number of rotatable bonds is 6. The molecule has 27 heavy (non-hydrogen) atoms. The van der Waals surface area contributed by atoms with Gasteiger partial charge < -0.3 is 5.32 Å². The van der Waals surface area contributed by atoms with Crippen LogP contribution in [0.5, 0.6) is 0 Å². The highest BCUT2D eigenvalue weighted by Gasteiger charge is 2.22. The van der Waals surface area contributed by atoms with Gasteiger partial charge in [0.2, 0.25) is 0 Å². The molecule has 0 saturated carbocycles. The van der Waals surface area contributed by atoms with E-state index in [0.29, 0.717) is 22.9 Å². The number of nitrogens with one attached hydrogen (secondary N) is 3. The molecule has 2 heterocycles. The van der Waals surface area contributed by atoms with E-state index >= 15 is 0 Å². The highest BCUT2D eigenvalue weighted by molar-refractivity contribution is 7.92. The van der Waals surface area contributed by atoms with Gasteiger partial charge in [-0.3, -0.25) is 9.82 Å². The Kier molecular flexibility index (Phi) is 5.18. The Morgan fingerprint density at radius 1 is 1.11 bits per heavy atom. The van der Waals surface area contributed by atoms with Crippen molar-refractivity contribution in [1.82, 2.24) is 15.2 Å². The Bertz CT molecular complexity index is 1040. The van der Waals surface area contributed by atoms with Crippen LogP contribution in [-0.2, 0) is 16.4 Å². The maximum atomic E-state index is 12.6. The minimum absolute atomic E-state index is 0.164. The monoisotopic (exact) mass is 385 g/mol. The fourth-order valence-corrected chi connectivity index (χ4v) is 4.42. The number of hydrogen-bond donors (Lipinski definition) is 3. The lowest BCUT2D eigenvalue weighted by Gasteiger charge is -2.14. The van der Waals surface area contributed by atoms with Crippen LogP contribution < -0.4 is 10.0 Å². The molecule has 0 fully saturated rings. The number of anilines is 3. The molecule has 0 amide bonds. The molecule has 1 aromatic carbocycles. The van der Waals surface area contributed by atoms with E-state index in [-0.39, 0.29) is 4.90 Å². The quantitative estimate of drug-likeness (QED) is 0.599. The van der Waals surface area contributed by atoms with Crippen molar-refractivity contribution in [3.8, 4) is 0 Å². The number of pyridine rings is 1. The van der Waals surface area contributed by atoms with Crippen LogP contribution in [0.15, 0.2) is 41.4 Å². The molecule has 0 aliphatic carbocycles. The summed E-state index contributed by atoms with van der Waals surface area (Å²) in [6.07, 6.45) is 2.40. The predicted molar refractivity (Wildman–Crippen MR) is 107 cm³/mol. The van der Waals surface area contributed by atoms with Gasteiger partial charge in [-0.15, -0.1) is 0 Å². The minimum atomic E-state index is -3.72. The van der Waals surface area contributed by atoms with Crippen molar-refractivity contribution in [3.63, 3.8) is 0 Å². The van der Waals surface area contributed by atoms with Crippen LogP contribution in [0, 0.1) is 20.8 Å². The van der Waals surface area contributed by atoms with E-state index in [4.69, 9.17) is 0 Å². The van der Waals surface area contributed by atoms with Gasteiger partial charge in [-0.2, -0.15) is 5.10 Å². The first kappa shape index (κ1) is 18.9. The van der Waals surface area contributed by atoms with E-state index in [1.54, 1.807) is 26.0 Å². The van der Waals surface area contributed by atoms with E-state index in [1.165, 1.54) is 11.8 Å². The molecule has 0 bridgehead atoms. The topological polar surface area (TPSA) is 99.8 Å². The Balaban J connectivity index is 1.81. The summed E-state index contributed by atoms with van der Waals surface area (Å²) in [6.45, 7) is 7.47. The molecule has 3 N–H and O–H groups in total. The SMILES string of the molecule is CCc1cccc(C)c1Nc1ccc(NS(=O)(=O)c2c(C)n[nH]c2C)cn1. The van der Waals surface area contributed by atoms with Crippen molar-refractivity contribution in [3.05, 3.63) is 59.0 Å². The highest BCUT2D eigenvalue weighted by Crippen LogP contribution is 2.26. The van der Waals surface area contributed by atoms with E-state index < -0.39 is 10.0 Å². The molecule has 3 rings (SSSR count). The van der Waals surface area contributed by atoms with Gasteiger partial charge in [0.15, 0.2) is 0 Å². The fourth-order valence-electron chi connectivity index (χ4n) is 3.00. The first-order chi connectivity index (χ1) is 12.8. The number of para-hydroxylation sites is 1. The summed E-state index contributed by atoms with van der Waals surface area (Å²) in [4.78, 5) is 4.50. The Labute approximate surface area is 159 Å². The van der Waals surface area contributed by atoms with Crippen molar-refractivity contribution >= 4 is 27.2 Å². The minimum Gasteiger partial charge on any atom is -0.340 e. The summed E-state index contributed by atoms with van der Waals surface area (Å²) in [5.74, 6) is 0.651. The summed E-state index contributed by atoms with van der Waals surface area (Å²) in [7, 11) is -3.72. The zero-order chi connectivity index (χ0) is 19.6. The Hall–Kier alpha value is -2.87. The van der Waals surface area contributed by atoms with Gasteiger partial charge in [-0.05, 0) is 50.5 Å². The van der Waals surface area contributed by atoms with Gasteiger partial charge in [0.1, 0.15) is 10.7 Å². The standard InChI is InChI=1S/C19H23N5O2S/c1-5-15-8-6-7-12(2)18(15)21-17-10-9-16(11-20-17)24-27(25,26)19-13(3)22-23-14(19)4/h6-11,24H,5H2,1-4H3,(H,20,21)(H,22,23). The van der Waals surface area contributed by atoms with Crippen LogP contribution in [0.2, 0.25) is 0 Å². The smallest absolute Gasteiger partial charge is 0.265 e. The third-order valence-electron chi connectivity index (χ3n) is 4.34. The maximum absolute atomic E-state index is 12.6. The van der Waals surface area contributed by atoms with E-state index in [0.717, 1.165) is 17.7 Å². The number of H-pyrrole nitrogens is 1. The molecular formula is C19H23N5O2S. The lowest BCUT2D eigenvalue weighted by Crippen LogP contribution is -2.14. The summed E-state index contributed by atoms with van der Waals surface area (Å²) in [5.41, 5.74) is 4.68. The number of hydrogen-bond acceptors (Lipinski definition) is 5. The molecule has 0 radical (unpaired) electrons. The van der Waals surface area contributed by atoms with Gasteiger partial charge in [-0.1, -0.05) is 25.1 Å². The molecule has 0 atom stereocenters. The molecule has 0 aliphatic heterocycles. The molecule has 8 heteroatoms. The molecule has 0 unspecified atom stereocenters. The van der Waals surface area contributed by atoms with Gasteiger partial charge in [0, 0.05) is 5.69 Å². The first-order valence-corrected chi connectivity index (χ1v) is 10.2. The second-order valence-corrected chi connectivity index (χ2v) is 8.01. The van der Waals surface area contributed by atoms with Crippen LogP contribution in [0.25, 0.3) is 0 Å². The average Bonchev–Trinajstić information content (AvgIpc) is 2.97. The Morgan fingerprint density at radius 2 is 1.89 bits per heavy atom. The summed E-state index contributed by atoms with van der Waals surface area (Å²) in [6, 6.07) is 9.58. The Morgan fingerprint density at radius 3 is 2.48 bits per heavy atom. The summed E-state index contributed by atoms with van der Waals surface area (Å²) in [5, 5.41) is 9.95. The van der Waals surface area contributed by atoms with Crippen LogP contribution >= 0.6 is 0 Å². The van der Waals surface area contributed by atoms with Gasteiger partial charge in [0.25, 0.3) is 10.0 Å². The second-order valence-electron chi connectivity index (χ2n) is 6.39. The summed E-state index contributed by atoms with van der Waals surface area (Å²) >= 11 is 0. The van der Waals surface area contributed by atoms with E-state index in [9.17, 15) is 8.42 Å². The number of aryl methyl sites for hydroxylation is 4. The van der Waals surface area contributed by atoms with Crippen molar-refractivity contribution < 1.29 is 8.42 Å². The third kappa shape index (κ3) is 3.95.